The Labute approximate surface area is 119 Å². The summed E-state index contributed by atoms with van der Waals surface area (Å²) in [5.74, 6) is 0.390. The van der Waals surface area contributed by atoms with Gasteiger partial charge in [0.05, 0.1) is 5.02 Å². The van der Waals surface area contributed by atoms with Crippen LogP contribution in [0.4, 0.5) is 0 Å². The van der Waals surface area contributed by atoms with E-state index >= 15 is 0 Å². The van der Waals surface area contributed by atoms with Crippen LogP contribution in [0.5, 0.6) is 5.75 Å². The van der Waals surface area contributed by atoms with Crippen molar-refractivity contribution in [2.24, 2.45) is 5.73 Å². The molecular weight excluding hydrogens is 264 g/mol. The highest BCUT2D eigenvalue weighted by atomic mass is 35.5. The summed E-state index contributed by atoms with van der Waals surface area (Å²) in [7, 11) is 0. The van der Waals surface area contributed by atoms with Crippen LogP contribution < -0.4 is 15.8 Å². The molecule has 0 heterocycles. The Morgan fingerprint density at radius 3 is 2.74 bits per heavy atom. The fourth-order valence-corrected chi connectivity index (χ4v) is 1.73. The Kier molecular flexibility index (Phi) is 6.67. The topological polar surface area (TPSA) is 64.3 Å². The summed E-state index contributed by atoms with van der Waals surface area (Å²) >= 11 is 6.00. The second-order valence-corrected chi connectivity index (χ2v) is 4.91. The van der Waals surface area contributed by atoms with Crippen molar-refractivity contribution < 1.29 is 9.53 Å². The lowest BCUT2D eigenvalue weighted by Gasteiger charge is -2.18. The summed E-state index contributed by atoms with van der Waals surface area (Å²) in [5.41, 5.74) is 5.63. The molecule has 0 radical (unpaired) electrons. The summed E-state index contributed by atoms with van der Waals surface area (Å²) in [5, 5.41) is 3.32. The van der Waals surface area contributed by atoms with E-state index in [1.54, 1.807) is 12.1 Å². The predicted molar refractivity (Wildman–Crippen MR) is 77.4 cm³/mol. The Balaban J connectivity index is 2.53. The zero-order valence-corrected chi connectivity index (χ0v) is 12.1. The molecule has 0 aliphatic heterocycles. The SMILES string of the molecule is CCC(Oc1ccccc1Cl)C(=O)NCCC(C)N. The van der Waals surface area contributed by atoms with Gasteiger partial charge in [0.15, 0.2) is 6.10 Å². The van der Waals surface area contributed by atoms with Crippen molar-refractivity contribution in [3.8, 4) is 5.75 Å². The highest BCUT2D eigenvalue weighted by Gasteiger charge is 2.18. The molecule has 1 amide bonds. The third-order valence-corrected chi connectivity index (χ3v) is 2.98. The number of rotatable bonds is 7. The first-order chi connectivity index (χ1) is 9.04. The van der Waals surface area contributed by atoms with E-state index in [0.29, 0.717) is 23.7 Å². The maximum atomic E-state index is 12.0. The summed E-state index contributed by atoms with van der Waals surface area (Å²) in [4.78, 5) is 12.0. The van der Waals surface area contributed by atoms with E-state index in [0.717, 1.165) is 6.42 Å². The van der Waals surface area contributed by atoms with Crippen molar-refractivity contribution in [3.63, 3.8) is 0 Å². The number of benzene rings is 1. The number of hydrogen-bond donors (Lipinski definition) is 2. The number of nitrogens with one attached hydrogen (secondary N) is 1. The van der Waals surface area contributed by atoms with Gasteiger partial charge in [-0.25, -0.2) is 0 Å². The molecule has 0 aliphatic carbocycles. The molecule has 4 nitrogen and oxygen atoms in total. The quantitative estimate of drug-likeness (QED) is 0.808. The first kappa shape index (κ1) is 15.8. The third kappa shape index (κ3) is 5.49. The summed E-state index contributed by atoms with van der Waals surface area (Å²) in [6.45, 7) is 4.36. The Morgan fingerprint density at radius 1 is 1.47 bits per heavy atom. The van der Waals surface area contributed by atoms with E-state index in [1.165, 1.54) is 0 Å². The van der Waals surface area contributed by atoms with E-state index in [1.807, 2.05) is 26.0 Å². The average Bonchev–Trinajstić information content (AvgIpc) is 2.37. The van der Waals surface area contributed by atoms with Crippen LogP contribution in [0.15, 0.2) is 24.3 Å². The highest BCUT2D eigenvalue weighted by molar-refractivity contribution is 6.32. The minimum atomic E-state index is -0.534. The van der Waals surface area contributed by atoms with Crippen molar-refractivity contribution in [3.05, 3.63) is 29.3 Å². The lowest BCUT2D eigenvalue weighted by atomic mass is 10.2. The maximum Gasteiger partial charge on any atom is 0.261 e. The van der Waals surface area contributed by atoms with Crippen molar-refractivity contribution in [1.29, 1.82) is 0 Å². The first-order valence-corrected chi connectivity index (χ1v) is 6.86. The summed E-state index contributed by atoms with van der Waals surface area (Å²) in [6, 6.07) is 7.20. The van der Waals surface area contributed by atoms with Crippen LogP contribution in [-0.4, -0.2) is 24.6 Å². The molecule has 0 saturated heterocycles. The molecule has 0 aliphatic rings. The third-order valence-electron chi connectivity index (χ3n) is 2.67. The van der Waals surface area contributed by atoms with Gasteiger partial charge in [-0.3, -0.25) is 4.79 Å². The van der Waals surface area contributed by atoms with Gasteiger partial charge in [-0.2, -0.15) is 0 Å². The van der Waals surface area contributed by atoms with Gasteiger partial charge < -0.3 is 15.8 Å². The molecule has 0 spiro atoms. The highest BCUT2D eigenvalue weighted by Crippen LogP contribution is 2.24. The molecule has 19 heavy (non-hydrogen) atoms. The van der Waals surface area contributed by atoms with Crippen LogP contribution in [0.1, 0.15) is 26.7 Å². The Bertz CT molecular complexity index is 410. The van der Waals surface area contributed by atoms with Crippen molar-refractivity contribution in [2.75, 3.05) is 6.54 Å². The predicted octanol–water partition coefficient (Wildman–Crippen LogP) is 2.35. The van der Waals surface area contributed by atoms with Crippen LogP contribution in [0.25, 0.3) is 0 Å². The molecule has 106 valence electrons. The van der Waals surface area contributed by atoms with Crippen LogP contribution in [0, 0.1) is 0 Å². The standard InChI is InChI=1S/C14H21ClN2O2/c1-3-12(14(18)17-9-8-10(2)16)19-13-7-5-4-6-11(13)15/h4-7,10,12H,3,8-9,16H2,1-2H3,(H,17,18). The van der Waals surface area contributed by atoms with Gasteiger partial charge >= 0.3 is 0 Å². The molecule has 0 aromatic heterocycles. The molecule has 5 heteroatoms. The van der Waals surface area contributed by atoms with Crippen LogP contribution in [-0.2, 0) is 4.79 Å². The molecule has 0 bridgehead atoms. The summed E-state index contributed by atoms with van der Waals surface area (Å²) in [6.07, 6.45) is 0.789. The number of amides is 1. The lowest BCUT2D eigenvalue weighted by molar-refractivity contribution is -0.128. The van der Waals surface area contributed by atoms with Gasteiger partial charge in [0, 0.05) is 12.6 Å². The summed E-state index contributed by atoms with van der Waals surface area (Å²) < 4.78 is 5.64. The largest absolute Gasteiger partial charge is 0.479 e. The van der Waals surface area contributed by atoms with Crippen molar-refractivity contribution in [1.82, 2.24) is 5.32 Å². The monoisotopic (exact) mass is 284 g/mol. The molecule has 2 unspecified atom stereocenters. The van der Waals surface area contributed by atoms with Gasteiger partial charge in [-0.05, 0) is 31.9 Å². The molecule has 0 saturated carbocycles. The average molecular weight is 285 g/mol. The number of para-hydroxylation sites is 1. The van der Waals surface area contributed by atoms with E-state index in [9.17, 15) is 4.79 Å². The van der Waals surface area contributed by atoms with Crippen molar-refractivity contribution in [2.45, 2.75) is 38.8 Å². The van der Waals surface area contributed by atoms with Crippen molar-refractivity contribution >= 4 is 17.5 Å². The van der Waals surface area contributed by atoms with Crippen LogP contribution in [0.3, 0.4) is 0 Å². The minimum Gasteiger partial charge on any atom is -0.479 e. The fraction of sp³-hybridized carbons (Fsp3) is 0.500. The minimum absolute atomic E-state index is 0.0739. The molecule has 2 atom stereocenters. The molecule has 1 aromatic carbocycles. The lowest BCUT2D eigenvalue weighted by Crippen LogP contribution is -2.39. The van der Waals surface area contributed by atoms with E-state index in [2.05, 4.69) is 5.32 Å². The second-order valence-electron chi connectivity index (χ2n) is 4.50. The number of carbonyl (C=O) groups excluding carboxylic acids is 1. The number of carbonyl (C=O) groups is 1. The number of nitrogens with two attached hydrogens (primary N) is 1. The first-order valence-electron chi connectivity index (χ1n) is 6.49. The van der Waals surface area contributed by atoms with E-state index in [-0.39, 0.29) is 11.9 Å². The molecule has 1 rings (SSSR count). The van der Waals surface area contributed by atoms with Gasteiger partial charge in [-0.1, -0.05) is 30.7 Å². The van der Waals surface area contributed by atoms with Gasteiger partial charge in [-0.15, -0.1) is 0 Å². The molecule has 0 fully saturated rings. The Hall–Kier alpha value is -1.26. The Morgan fingerprint density at radius 2 is 2.16 bits per heavy atom. The normalized spacial score (nSPS) is 13.7. The van der Waals surface area contributed by atoms with E-state index in [4.69, 9.17) is 22.1 Å². The van der Waals surface area contributed by atoms with Gasteiger partial charge in [0.2, 0.25) is 0 Å². The molecule has 1 aromatic rings. The maximum absolute atomic E-state index is 12.0. The zero-order valence-electron chi connectivity index (χ0n) is 11.4. The van der Waals surface area contributed by atoms with E-state index < -0.39 is 6.10 Å². The number of halogens is 1. The number of hydrogen-bond acceptors (Lipinski definition) is 3. The second kappa shape index (κ2) is 8.02. The molecule has 3 N–H and O–H groups in total. The molecular formula is C14H21ClN2O2. The van der Waals surface area contributed by atoms with Gasteiger partial charge in [0.25, 0.3) is 5.91 Å². The zero-order chi connectivity index (χ0) is 14.3. The van der Waals surface area contributed by atoms with Crippen LogP contribution >= 0.6 is 11.6 Å². The van der Waals surface area contributed by atoms with Gasteiger partial charge in [0.1, 0.15) is 5.75 Å². The fourth-order valence-electron chi connectivity index (χ4n) is 1.55. The van der Waals surface area contributed by atoms with Crippen LogP contribution in [0.2, 0.25) is 5.02 Å². The smallest absolute Gasteiger partial charge is 0.261 e. The number of ether oxygens (including phenoxy) is 1.